The van der Waals surface area contributed by atoms with E-state index in [9.17, 15) is 13.6 Å². The van der Waals surface area contributed by atoms with Gasteiger partial charge in [0.25, 0.3) is 11.8 Å². The average molecular weight is 347 g/mol. The van der Waals surface area contributed by atoms with E-state index in [-0.39, 0.29) is 31.0 Å². The molecular formula is C19H19F2NO3. The Bertz CT molecular complexity index is 773. The van der Waals surface area contributed by atoms with Gasteiger partial charge in [-0.05, 0) is 23.8 Å². The number of carbonyl (C=O) groups excluding carboxylic acids is 1. The quantitative estimate of drug-likeness (QED) is 0.901. The van der Waals surface area contributed by atoms with Crippen molar-refractivity contribution < 1.29 is 23.4 Å². The maximum absolute atomic E-state index is 13.6. The van der Waals surface area contributed by atoms with Crippen LogP contribution in [-0.4, -0.2) is 23.7 Å². The fourth-order valence-corrected chi connectivity index (χ4v) is 2.86. The Morgan fingerprint density at radius 1 is 1.20 bits per heavy atom. The maximum Gasteiger partial charge on any atom is 0.270 e. The van der Waals surface area contributed by atoms with Crippen molar-refractivity contribution in [1.29, 1.82) is 0 Å². The first-order valence-corrected chi connectivity index (χ1v) is 8.05. The molecule has 0 bridgehead atoms. The summed E-state index contributed by atoms with van der Waals surface area (Å²) in [5.74, 6) is -2.69. The van der Waals surface area contributed by atoms with Gasteiger partial charge in [-0.15, -0.1) is 0 Å². The molecule has 0 aliphatic carbocycles. The van der Waals surface area contributed by atoms with Crippen molar-refractivity contribution in [2.45, 2.75) is 31.9 Å². The molecule has 1 aliphatic rings. The maximum atomic E-state index is 13.6. The van der Waals surface area contributed by atoms with Crippen LogP contribution in [0.1, 0.15) is 24.5 Å². The lowest BCUT2D eigenvalue weighted by Gasteiger charge is -2.34. The van der Waals surface area contributed by atoms with Gasteiger partial charge in [0, 0.05) is 25.5 Å². The number of rotatable bonds is 5. The topological polar surface area (TPSA) is 49.8 Å². The number of aliphatic hydroxyl groups excluding tert-OH is 1. The zero-order chi connectivity index (χ0) is 18.0. The Labute approximate surface area is 144 Å². The number of ether oxygens (including phenoxy) is 1. The highest BCUT2D eigenvalue weighted by Crippen LogP contribution is 2.36. The van der Waals surface area contributed by atoms with Gasteiger partial charge in [0.1, 0.15) is 5.75 Å². The summed E-state index contributed by atoms with van der Waals surface area (Å²) in [5.41, 5.74) is 1.10. The van der Waals surface area contributed by atoms with E-state index in [1.807, 2.05) is 0 Å². The van der Waals surface area contributed by atoms with E-state index in [2.05, 4.69) is 0 Å². The summed E-state index contributed by atoms with van der Waals surface area (Å²) in [7, 11) is 0. The minimum Gasteiger partial charge on any atom is -0.478 e. The van der Waals surface area contributed by atoms with Crippen LogP contribution >= 0.6 is 0 Å². The second kappa shape index (κ2) is 6.80. The van der Waals surface area contributed by atoms with Crippen molar-refractivity contribution in [3.63, 3.8) is 0 Å². The van der Waals surface area contributed by atoms with E-state index in [1.54, 1.807) is 36.4 Å². The zero-order valence-corrected chi connectivity index (χ0v) is 13.8. The Balaban J connectivity index is 1.94. The monoisotopic (exact) mass is 347 g/mol. The highest BCUT2D eigenvalue weighted by Gasteiger charge is 2.34. The number of nitrogens with zero attached hydrogens (tertiary/aromatic N) is 1. The van der Waals surface area contributed by atoms with Crippen molar-refractivity contribution >= 4 is 11.6 Å². The highest BCUT2D eigenvalue weighted by molar-refractivity contribution is 5.99. The Hall–Kier alpha value is -2.47. The lowest BCUT2D eigenvalue weighted by molar-refractivity contribution is -0.127. The summed E-state index contributed by atoms with van der Waals surface area (Å²) in [6.45, 7) is 0.827. The molecule has 4 nitrogen and oxygen atoms in total. The average Bonchev–Trinajstić information content (AvgIpc) is 2.58. The summed E-state index contributed by atoms with van der Waals surface area (Å²) < 4.78 is 32.8. The Morgan fingerprint density at radius 3 is 2.68 bits per heavy atom. The molecule has 2 aromatic rings. The second-order valence-corrected chi connectivity index (χ2v) is 6.10. The molecule has 6 heteroatoms. The Morgan fingerprint density at radius 2 is 1.96 bits per heavy atom. The SMILES string of the molecule is CC(F)(F)c1cccc(CN2C(=O)C(CCO)Oc3ccccc32)c1. The first kappa shape index (κ1) is 17.4. The van der Waals surface area contributed by atoms with Gasteiger partial charge in [-0.3, -0.25) is 4.79 Å². The van der Waals surface area contributed by atoms with Crippen LogP contribution in [0.3, 0.4) is 0 Å². The number of aliphatic hydroxyl groups is 1. The molecule has 1 heterocycles. The minimum atomic E-state index is -2.94. The minimum absolute atomic E-state index is 0.0918. The van der Waals surface area contributed by atoms with Crippen molar-refractivity contribution in [3.8, 4) is 5.75 Å². The van der Waals surface area contributed by atoms with Crippen LogP contribution in [0.15, 0.2) is 48.5 Å². The molecule has 1 amide bonds. The highest BCUT2D eigenvalue weighted by atomic mass is 19.3. The number of benzene rings is 2. The molecule has 132 valence electrons. The smallest absolute Gasteiger partial charge is 0.270 e. The van der Waals surface area contributed by atoms with E-state index in [4.69, 9.17) is 9.84 Å². The first-order valence-electron chi connectivity index (χ1n) is 8.05. The molecule has 0 saturated carbocycles. The molecule has 2 aromatic carbocycles. The van der Waals surface area contributed by atoms with Crippen molar-refractivity contribution in [3.05, 3.63) is 59.7 Å². The molecular weight excluding hydrogens is 328 g/mol. The predicted molar refractivity (Wildman–Crippen MR) is 89.8 cm³/mol. The molecule has 0 aromatic heterocycles. The van der Waals surface area contributed by atoms with Crippen LogP contribution in [0.2, 0.25) is 0 Å². The Kier molecular flexibility index (Phi) is 4.72. The van der Waals surface area contributed by atoms with Crippen LogP contribution in [0.4, 0.5) is 14.5 Å². The third-order valence-electron chi connectivity index (χ3n) is 4.13. The van der Waals surface area contributed by atoms with Gasteiger partial charge in [0.05, 0.1) is 12.2 Å². The third kappa shape index (κ3) is 3.64. The van der Waals surface area contributed by atoms with Crippen LogP contribution in [0, 0.1) is 0 Å². The molecule has 0 spiro atoms. The fraction of sp³-hybridized carbons (Fsp3) is 0.316. The molecule has 1 N–H and O–H groups in total. The van der Waals surface area contributed by atoms with Crippen molar-refractivity contribution in [1.82, 2.24) is 0 Å². The lowest BCUT2D eigenvalue weighted by atomic mass is 10.0. The normalized spacial score (nSPS) is 17.2. The molecule has 1 atom stereocenters. The fourth-order valence-electron chi connectivity index (χ4n) is 2.86. The molecule has 1 aliphatic heterocycles. The van der Waals surface area contributed by atoms with Gasteiger partial charge in [-0.25, -0.2) is 8.78 Å². The summed E-state index contributed by atoms with van der Waals surface area (Å²) in [6.07, 6.45) is -0.604. The predicted octanol–water partition coefficient (Wildman–Crippen LogP) is 3.47. The number of hydrogen-bond acceptors (Lipinski definition) is 3. The number of para-hydroxylation sites is 2. The molecule has 0 saturated heterocycles. The number of alkyl halides is 2. The summed E-state index contributed by atoms with van der Waals surface area (Å²) in [6, 6.07) is 13.1. The van der Waals surface area contributed by atoms with Gasteiger partial charge < -0.3 is 14.7 Å². The van der Waals surface area contributed by atoms with Gasteiger partial charge >= 0.3 is 0 Å². The summed E-state index contributed by atoms with van der Waals surface area (Å²) >= 11 is 0. The summed E-state index contributed by atoms with van der Waals surface area (Å²) in [5, 5.41) is 9.15. The van der Waals surface area contributed by atoms with Gasteiger partial charge in [-0.2, -0.15) is 0 Å². The van der Waals surface area contributed by atoms with Crippen molar-refractivity contribution in [2.24, 2.45) is 0 Å². The third-order valence-corrected chi connectivity index (χ3v) is 4.13. The summed E-state index contributed by atoms with van der Waals surface area (Å²) in [4.78, 5) is 14.2. The van der Waals surface area contributed by atoms with Gasteiger partial charge in [0.15, 0.2) is 6.10 Å². The first-order chi connectivity index (χ1) is 11.9. The number of fused-ring (bicyclic) bond motifs is 1. The molecule has 25 heavy (non-hydrogen) atoms. The van der Waals surface area contributed by atoms with E-state index in [0.717, 1.165) is 6.92 Å². The van der Waals surface area contributed by atoms with Crippen LogP contribution in [-0.2, 0) is 17.3 Å². The molecule has 3 rings (SSSR count). The van der Waals surface area contributed by atoms with E-state index >= 15 is 0 Å². The number of carbonyl (C=O) groups is 1. The number of anilines is 1. The van der Waals surface area contributed by atoms with Crippen LogP contribution < -0.4 is 9.64 Å². The van der Waals surface area contributed by atoms with E-state index < -0.39 is 12.0 Å². The second-order valence-electron chi connectivity index (χ2n) is 6.10. The number of halogens is 2. The zero-order valence-electron chi connectivity index (χ0n) is 13.8. The number of amides is 1. The molecule has 0 fully saturated rings. The molecule has 0 radical (unpaired) electrons. The van der Waals surface area contributed by atoms with E-state index in [1.165, 1.54) is 17.0 Å². The van der Waals surface area contributed by atoms with Gasteiger partial charge in [0.2, 0.25) is 0 Å². The lowest BCUT2D eigenvalue weighted by Crippen LogP contribution is -2.45. The van der Waals surface area contributed by atoms with Gasteiger partial charge in [-0.1, -0.05) is 30.3 Å². The largest absolute Gasteiger partial charge is 0.478 e. The van der Waals surface area contributed by atoms with E-state index in [0.29, 0.717) is 17.0 Å². The van der Waals surface area contributed by atoms with Crippen molar-refractivity contribution in [2.75, 3.05) is 11.5 Å². The number of hydrogen-bond donors (Lipinski definition) is 1. The van der Waals surface area contributed by atoms with Crippen LogP contribution in [0.5, 0.6) is 5.75 Å². The van der Waals surface area contributed by atoms with Crippen LogP contribution in [0.25, 0.3) is 0 Å². The standard InChI is InChI=1S/C19H19F2NO3/c1-19(20,21)14-6-4-5-13(11-14)12-22-15-7-2-3-8-16(15)25-17(9-10-23)18(22)24/h2-8,11,17,23H,9-10,12H2,1H3. The molecule has 1 unspecified atom stereocenters.